The summed E-state index contributed by atoms with van der Waals surface area (Å²) in [4.78, 5) is 10.6. The second-order valence-corrected chi connectivity index (χ2v) is 5.68. The second kappa shape index (κ2) is 6.16. The molecule has 1 fully saturated rings. The molecule has 15 heavy (non-hydrogen) atoms. The highest BCUT2D eigenvalue weighted by molar-refractivity contribution is 8.00. The summed E-state index contributed by atoms with van der Waals surface area (Å²) in [5.74, 6) is 0.827. The minimum Gasteiger partial charge on any atom is -0.264 e. The lowest BCUT2D eigenvalue weighted by Crippen LogP contribution is -2.33. The van der Waals surface area contributed by atoms with Crippen molar-refractivity contribution in [1.29, 1.82) is 0 Å². The average Bonchev–Trinajstić information content (AvgIpc) is 2.40. The standard InChI is InChI=1S/C11H19NO2S/c1-2-9-15-11(10-12(13)14)7-5-3-4-6-8-11/h2H,1,3-10H2. The lowest BCUT2D eigenvalue weighted by molar-refractivity contribution is -0.485. The maximum atomic E-state index is 10.7. The molecule has 1 aliphatic carbocycles. The Morgan fingerprint density at radius 3 is 2.40 bits per heavy atom. The molecular formula is C11H19NO2S. The minimum absolute atomic E-state index is 0.117. The number of nitro groups is 1. The Labute approximate surface area is 95.5 Å². The average molecular weight is 229 g/mol. The Bertz CT molecular complexity index is 223. The highest BCUT2D eigenvalue weighted by atomic mass is 32.2. The summed E-state index contributed by atoms with van der Waals surface area (Å²) < 4.78 is -0.117. The van der Waals surface area contributed by atoms with Crippen molar-refractivity contribution in [2.24, 2.45) is 0 Å². The molecule has 0 atom stereocenters. The molecule has 0 spiro atoms. The summed E-state index contributed by atoms with van der Waals surface area (Å²) in [7, 11) is 0. The van der Waals surface area contributed by atoms with Crippen molar-refractivity contribution in [3.63, 3.8) is 0 Å². The van der Waals surface area contributed by atoms with Gasteiger partial charge in [-0.05, 0) is 12.8 Å². The van der Waals surface area contributed by atoms with Crippen LogP contribution in [-0.2, 0) is 0 Å². The van der Waals surface area contributed by atoms with Crippen molar-refractivity contribution in [2.45, 2.75) is 43.3 Å². The second-order valence-electron chi connectivity index (χ2n) is 4.19. The van der Waals surface area contributed by atoms with Gasteiger partial charge in [0.25, 0.3) is 0 Å². The van der Waals surface area contributed by atoms with Crippen LogP contribution in [0.4, 0.5) is 0 Å². The summed E-state index contributed by atoms with van der Waals surface area (Å²) in [6.07, 6.45) is 8.56. The van der Waals surface area contributed by atoms with Gasteiger partial charge in [-0.2, -0.15) is 0 Å². The first-order valence-corrected chi connectivity index (χ1v) is 6.54. The Kier molecular flexibility index (Phi) is 5.15. The number of hydrogen-bond donors (Lipinski definition) is 0. The van der Waals surface area contributed by atoms with E-state index >= 15 is 0 Å². The third kappa shape index (κ3) is 4.24. The first kappa shape index (κ1) is 12.6. The van der Waals surface area contributed by atoms with Gasteiger partial charge in [-0.15, -0.1) is 18.3 Å². The zero-order valence-corrected chi connectivity index (χ0v) is 9.93. The first-order valence-electron chi connectivity index (χ1n) is 5.55. The fourth-order valence-corrected chi connectivity index (χ4v) is 3.44. The van der Waals surface area contributed by atoms with Crippen LogP contribution in [0.1, 0.15) is 38.5 Å². The molecule has 0 amide bonds. The van der Waals surface area contributed by atoms with E-state index in [4.69, 9.17) is 0 Å². The highest BCUT2D eigenvalue weighted by Gasteiger charge is 2.36. The molecule has 0 unspecified atom stereocenters. The van der Waals surface area contributed by atoms with Gasteiger partial charge in [-0.1, -0.05) is 31.8 Å². The fourth-order valence-electron chi connectivity index (χ4n) is 2.19. The van der Waals surface area contributed by atoms with Crippen LogP contribution >= 0.6 is 11.8 Å². The van der Waals surface area contributed by atoms with Gasteiger partial charge in [0.15, 0.2) is 0 Å². The fraction of sp³-hybridized carbons (Fsp3) is 0.818. The van der Waals surface area contributed by atoms with Crippen molar-refractivity contribution >= 4 is 11.8 Å². The van der Waals surface area contributed by atoms with Crippen LogP contribution in [-0.4, -0.2) is 22.0 Å². The molecule has 0 aromatic rings. The Hall–Kier alpha value is -0.510. The molecule has 3 nitrogen and oxygen atoms in total. The van der Waals surface area contributed by atoms with E-state index in [0.29, 0.717) is 0 Å². The molecule has 0 aliphatic heterocycles. The van der Waals surface area contributed by atoms with Crippen LogP contribution in [0.2, 0.25) is 0 Å². The summed E-state index contributed by atoms with van der Waals surface area (Å²) in [5, 5.41) is 10.7. The Morgan fingerprint density at radius 2 is 1.93 bits per heavy atom. The number of nitrogens with zero attached hydrogens (tertiary/aromatic N) is 1. The van der Waals surface area contributed by atoms with E-state index in [1.807, 2.05) is 6.08 Å². The van der Waals surface area contributed by atoms with Crippen molar-refractivity contribution in [1.82, 2.24) is 0 Å². The summed E-state index contributed by atoms with van der Waals surface area (Å²) in [6, 6.07) is 0. The van der Waals surface area contributed by atoms with E-state index in [1.165, 1.54) is 12.8 Å². The first-order chi connectivity index (χ1) is 7.18. The van der Waals surface area contributed by atoms with Gasteiger partial charge >= 0.3 is 0 Å². The van der Waals surface area contributed by atoms with Crippen LogP contribution in [0.25, 0.3) is 0 Å². The van der Waals surface area contributed by atoms with E-state index in [0.717, 1.165) is 31.4 Å². The van der Waals surface area contributed by atoms with Crippen LogP contribution in [0, 0.1) is 10.1 Å². The van der Waals surface area contributed by atoms with E-state index in [2.05, 4.69) is 6.58 Å². The predicted octanol–water partition coefficient (Wildman–Crippen LogP) is 3.28. The van der Waals surface area contributed by atoms with Crippen molar-refractivity contribution < 1.29 is 4.92 Å². The van der Waals surface area contributed by atoms with Gasteiger partial charge in [0.2, 0.25) is 6.54 Å². The van der Waals surface area contributed by atoms with Gasteiger partial charge in [-0.3, -0.25) is 10.1 Å². The monoisotopic (exact) mass is 229 g/mol. The topological polar surface area (TPSA) is 43.1 Å². The van der Waals surface area contributed by atoms with Gasteiger partial charge < -0.3 is 0 Å². The molecular weight excluding hydrogens is 210 g/mol. The Morgan fingerprint density at radius 1 is 1.33 bits per heavy atom. The lowest BCUT2D eigenvalue weighted by atomic mass is 9.99. The third-order valence-corrected chi connectivity index (χ3v) is 4.49. The van der Waals surface area contributed by atoms with E-state index < -0.39 is 0 Å². The maximum Gasteiger partial charge on any atom is 0.218 e. The predicted molar refractivity (Wildman–Crippen MR) is 64.9 cm³/mol. The quantitative estimate of drug-likeness (QED) is 0.314. The summed E-state index contributed by atoms with van der Waals surface area (Å²) >= 11 is 1.73. The molecule has 0 bridgehead atoms. The lowest BCUT2D eigenvalue weighted by Gasteiger charge is -2.27. The van der Waals surface area contributed by atoms with Gasteiger partial charge in [0, 0.05) is 10.7 Å². The van der Waals surface area contributed by atoms with Gasteiger partial charge in [0.1, 0.15) is 0 Å². The molecule has 86 valence electrons. The molecule has 0 radical (unpaired) electrons. The zero-order valence-electron chi connectivity index (χ0n) is 9.11. The van der Waals surface area contributed by atoms with Crippen LogP contribution in [0.5, 0.6) is 0 Å². The van der Waals surface area contributed by atoms with Gasteiger partial charge in [0.05, 0.1) is 4.75 Å². The largest absolute Gasteiger partial charge is 0.264 e. The molecule has 0 aromatic heterocycles. The molecule has 1 aliphatic rings. The molecule has 1 rings (SSSR count). The highest BCUT2D eigenvalue weighted by Crippen LogP contribution is 2.39. The molecule has 0 saturated heterocycles. The Balaban J connectivity index is 2.62. The molecule has 0 N–H and O–H groups in total. The normalized spacial score (nSPS) is 20.5. The van der Waals surface area contributed by atoms with E-state index in [1.54, 1.807) is 11.8 Å². The van der Waals surface area contributed by atoms with Gasteiger partial charge in [-0.25, -0.2) is 0 Å². The molecule has 0 heterocycles. The summed E-state index contributed by atoms with van der Waals surface area (Å²) in [5.41, 5.74) is 0. The third-order valence-electron chi connectivity index (χ3n) is 2.94. The van der Waals surface area contributed by atoms with Crippen molar-refractivity contribution in [3.05, 3.63) is 22.8 Å². The smallest absolute Gasteiger partial charge is 0.218 e. The number of rotatable bonds is 5. The van der Waals surface area contributed by atoms with Crippen LogP contribution in [0.15, 0.2) is 12.7 Å². The molecule has 4 heteroatoms. The van der Waals surface area contributed by atoms with E-state index in [9.17, 15) is 10.1 Å². The van der Waals surface area contributed by atoms with Crippen LogP contribution in [0.3, 0.4) is 0 Å². The van der Waals surface area contributed by atoms with E-state index in [-0.39, 0.29) is 16.2 Å². The van der Waals surface area contributed by atoms with Crippen molar-refractivity contribution in [2.75, 3.05) is 12.3 Å². The molecule has 1 saturated carbocycles. The summed E-state index contributed by atoms with van der Waals surface area (Å²) in [6.45, 7) is 3.80. The van der Waals surface area contributed by atoms with Crippen LogP contribution < -0.4 is 0 Å². The SMILES string of the molecule is C=CCSC1(C[N+](=O)[O-])CCCCCC1. The molecule has 0 aromatic carbocycles. The number of hydrogen-bond acceptors (Lipinski definition) is 3. The maximum absolute atomic E-state index is 10.7. The zero-order chi connectivity index (χ0) is 11.1. The number of thioether (sulfide) groups is 1. The minimum atomic E-state index is -0.151. The van der Waals surface area contributed by atoms with Crippen molar-refractivity contribution in [3.8, 4) is 0 Å².